The van der Waals surface area contributed by atoms with E-state index < -0.39 is 0 Å². The molecule has 1 aromatic rings. The van der Waals surface area contributed by atoms with Crippen molar-refractivity contribution in [3.8, 4) is 0 Å². The molecule has 5 heteroatoms. The van der Waals surface area contributed by atoms with E-state index in [-0.39, 0.29) is 16.9 Å². The molecule has 0 aliphatic carbocycles. The third-order valence-electron chi connectivity index (χ3n) is 2.39. The molecule has 88 valence electrons. The molecule has 2 rings (SSSR count). The Balaban J connectivity index is 2.17. The molecule has 1 heterocycles. The lowest BCUT2D eigenvalue weighted by molar-refractivity contribution is -0.118. The second kappa shape index (κ2) is 4.71. The van der Waals surface area contributed by atoms with Crippen molar-refractivity contribution < 1.29 is 9.59 Å². The largest absolute Gasteiger partial charge is 0.304 e. The highest BCUT2D eigenvalue weighted by atomic mass is 32.2. The third kappa shape index (κ3) is 2.74. The van der Waals surface area contributed by atoms with Gasteiger partial charge in [-0.1, -0.05) is 11.8 Å². The molecular weight excluding hydrogens is 236 g/mol. The zero-order valence-corrected chi connectivity index (χ0v) is 10.4. The molecule has 1 atom stereocenters. The molecule has 0 radical (unpaired) electrons. The Labute approximate surface area is 104 Å². The maximum absolute atomic E-state index is 11.3. The number of hydrogen-bond donors (Lipinski definition) is 1. The second-order valence-electron chi connectivity index (χ2n) is 3.77. The Morgan fingerprint density at radius 3 is 2.47 bits per heavy atom. The van der Waals surface area contributed by atoms with Crippen LogP contribution in [0.1, 0.15) is 24.2 Å². The summed E-state index contributed by atoms with van der Waals surface area (Å²) in [5.74, 6) is 0.00970. The SMILES string of the molecule is CC(=O)c1ccc(N=C2NC(=O)[C@@H](C)S2)cc1. The summed E-state index contributed by atoms with van der Waals surface area (Å²) in [5, 5.41) is 3.21. The van der Waals surface area contributed by atoms with Crippen molar-refractivity contribution in [1.82, 2.24) is 5.32 Å². The van der Waals surface area contributed by atoms with Crippen LogP contribution in [0.5, 0.6) is 0 Å². The van der Waals surface area contributed by atoms with E-state index in [0.717, 1.165) is 5.69 Å². The Kier molecular flexibility index (Phi) is 3.28. The van der Waals surface area contributed by atoms with Crippen LogP contribution in [0.15, 0.2) is 29.3 Å². The van der Waals surface area contributed by atoms with E-state index in [1.165, 1.54) is 18.7 Å². The summed E-state index contributed by atoms with van der Waals surface area (Å²) in [6.45, 7) is 3.36. The maximum atomic E-state index is 11.3. The van der Waals surface area contributed by atoms with Crippen molar-refractivity contribution in [1.29, 1.82) is 0 Å². The molecule has 0 bridgehead atoms. The molecule has 1 amide bonds. The zero-order valence-electron chi connectivity index (χ0n) is 9.56. The van der Waals surface area contributed by atoms with Gasteiger partial charge in [0.05, 0.1) is 10.9 Å². The smallest absolute Gasteiger partial charge is 0.239 e. The van der Waals surface area contributed by atoms with Crippen LogP contribution in [0.2, 0.25) is 0 Å². The van der Waals surface area contributed by atoms with Gasteiger partial charge in [0.25, 0.3) is 0 Å². The van der Waals surface area contributed by atoms with Crippen molar-refractivity contribution in [2.45, 2.75) is 19.1 Å². The first-order valence-corrected chi connectivity index (χ1v) is 6.11. The average Bonchev–Trinajstić information content (AvgIpc) is 2.58. The highest BCUT2D eigenvalue weighted by molar-refractivity contribution is 8.15. The summed E-state index contributed by atoms with van der Waals surface area (Å²) in [5.41, 5.74) is 1.39. The van der Waals surface area contributed by atoms with Crippen molar-refractivity contribution in [2.75, 3.05) is 0 Å². The fourth-order valence-corrected chi connectivity index (χ4v) is 2.22. The summed E-state index contributed by atoms with van der Waals surface area (Å²) < 4.78 is 0. The van der Waals surface area contributed by atoms with E-state index in [1.54, 1.807) is 24.3 Å². The number of hydrogen-bond acceptors (Lipinski definition) is 4. The lowest BCUT2D eigenvalue weighted by Crippen LogP contribution is -2.23. The normalized spacial score (nSPS) is 21.6. The van der Waals surface area contributed by atoms with E-state index >= 15 is 0 Å². The minimum atomic E-state index is -0.0924. The van der Waals surface area contributed by atoms with Gasteiger partial charge in [0, 0.05) is 5.56 Å². The number of ketones is 1. The number of benzene rings is 1. The first-order chi connectivity index (χ1) is 8.06. The highest BCUT2D eigenvalue weighted by Gasteiger charge is 2.25. The molecule has 1 aliphatic rings. The fourth-order valence-electron chi connectivity index (χ4n) is 1.40. The highest BCUT2D eigenvalue weighted by Crippen LogP contribution is 2.22. The summed E-state index contributed by atoms with van der Waals surface area (Å²) in [4.78, 5) is 26.6. The number of amides is 1. The molecule has 0 aromatic heterocycles. The van der Waals surface area contributed by atoms with Crippen LogP contribution in [0.25, 0.3) is 0 Å². The van der Waals surface area contributed by atoms with Gasteiger partial charge in [-0.3, -0.25) is 9.59 Å². The molecule has 0 spiro atoms. The Bertz CT molecular complexity index is 494. The molecular formula is C12H12N2O2S. The van der Waals surface area contributed by atoms with Gasteiger partial charge in [0.15, 0.2) is 11.0 Å². The fraction of sp³-hybridized carbons (Fsp3) is 0.250. The van der Waals surface area contributed by atoms with E-state index in [4.69, 9.17) is 0 Å². The van der Waals surface area contributed by atoms with Crippen LogP contribution >= 0.6 is 11.8 Å². The lowest BCUT2D eigenvalue weighted by Gasteiger charge is -1.98. The standard InChI is InChI=1S/C12H12N2O2S/c1-7(15)9-3-5-10(6-4-9)13-12-14-11(16)8(2)17-12/h3-6,8H,1-2H3,(H,13,14,16)/t8-/m1/s1. The van der Waals surface area contributed by atoms with Crippen LogP contribution in [-0.4, -0.2) is 22.1 Å². The number of rotatable bonds is 2. The number of Topliss-reactive ketones (excluding diaryl/α,β-unsaturated/α-hetero) is 1. The van der Waals surface area contributed by atoms with E-state index in [1.807, 2.05) is 6.92 Å². The number of amidine groups is 1. The molecule has 17 heavy (non-hydrogen) atoms. The number of nitrogens with zero attached hydrogens (tertiary/aromatic N) is 1. The van der Waals surface area contributed by atoms with Crippen LogP contribution in [0.4, 0.5) is 5.69 Å². The van der Waals surface area contributed by atoms with E-state index in [2.05, 4.69) is 10.3 Å². The van der Waals surface area contributed by atoms with E-state index in [9.17, 15) is 9.59 Å². The van der Waals surface area contributed by atoms with Gasteiger partial charge in [-0.05, 0) is 38.1 Å². The van der Waals surface area contributed by atoms with Gasteiger partial charge in [0.1, 0.15) is 0 Å². The average molecular weight is 248 g/mol. The van der Waals surface area contributed by atoms with Crippen LogP contribution < -0.4 is 5.32 Å². The van der Waals surface area contributed by atoms with Crippen LogP contribution in [-0.2, 0) is 4.79 Å². The minimum absolute atomic E-state index is 0.0193. The van der Waals surface area contributed by atoms with Crippen molar-refractivity contribution in [3.05, 3.63) is 29.8 Å². The van der Waals surface area contributed by atoms with Crippen LogP contribution in [0.3, 0.4) is 0 Å². The summed E-state index contributed by atoms with van der Waals surface area (Å²) in [6, 6.07) is 6.98. The molecule has 1 aliphatic heterocycles. The predicted molar refractivity (Wildman–Crippen MR) is 68.7 cm³/mol. The Morgan fingerprint density at radius 1 is 1.35 bits per heavy atom. The first-order valence-electron chi connectivity index (χ1n) is 5.23. The number of thioether (sulfide) groups is 1. The summed E-state index contributed by atoms with van der Waals surface area (Å²) in [6.07, 6.45) is 0. The van der Waals surface area contributed by atoms with Gasteiger partial charge in [-0.25, -0.2) is 4.99 Å². The molecule has 1 fully saturated rings. The lowest BCUT2D eigenvalue weighted by atomic mass is 10.1. The number of carbonyl (C=O) groups is 2. The van der Waals surface area contributed by atoms with Gasteiger partial charge in [0.2, 0.25) is 5.91 Å². The number of aliphatic imine (C=N–C) groups is 1. The molecule has 1 saturated heterocycles. The van der Waals surface area contributed by atoms with Gasteiger partial charge < -0.3 is 5.32 Å². The molecule has 0 saturated carbocycles. The third-order valence-corrected chi connectivity index (χ3v) is 3.38. The monoisotopic (exact) mass is 248 g/mol. The van der Waals surface area contributed by atoms with Crippen molar-refractivity contribution >= 4 is 34.3 Å². The summed E-state index contributed by atoms with van der Waals surface area (Å²) >= 11 is 1.40. The number of nitrogens with one attached hydrogen (secondary N) is 1. The maximum Gasteiger partial charge on any atom is 0.239 e. The molecule has 4 nitrogen and oxygen atoms in total. The molecule has 0 unspecified atom stereocenters. The molecule has 1 N–H and O–H groups in total. The van der Waals surface area contributed by atoms with Gasteiger partial charge in [-0.15, -0.1) is 0 Å². The Morgan fingerprint density at radius 2 is 2.00 bits per heavy atom. The number of carbonyl (C=O) groups excluding carboxylic acids is 2. The minimum Gasteiger partial charge on any atom is -0.304 e. The van der Waals surface area contributed by atoms with Crippen molar-refractivity contribution in [3.63, 3.8) is 0 Å². The Hall–Kier alpha value is -1.62. The molecule has 1 aromatic carbocycles. The van der Waals surface area contributed by atoms with Crippen LogP contribution in [0, 0.1) is 0 Å². The first kappa shape index (κ1) is 11.9. The van der Waals surface area contributed by atoms with Gasteiger partial charge in [-0.2, -0.15) is 0 Å². The quantitative estimate of drug-likeness (QED) is 0.816. The van der Waals surface area contributed by atoms with E-state index in [0.29, 0.717) is 10.7 Å². The topological polar surface area (TPSA) is 58.5 Å². The predicted octanol–water partition coefficient (Wildman–Crippen LogP) is 2.13. The zero-order chi connectivity index (χ0) is 12.4. The van der Waals surface area contributed by atoms with Gasteiger partial charge >= 0.3 is 0 Å². The second-order valence-corrected chi connectivity index (χ2v) is 5.10. The summed E-state index contributed by atoms with van der Waals surface area (Å²) in [7, 11) is 0. The van der Waals surface area contributed by atoms with Crippen molar-refractivity contribution in [2.24, 2.45) is 4.99 Å².